The van der Waals surface area contributed by atoms with E-state index in [1.807, 2.05) is 0 Å². The highest BCUT2D eigenvalue weighted by atomic mass is 16.5. The number of aliphatic hydroxyl groups is 4. The number of carbonyl (C=O) groups is 1. The van der Waals surface area contributed by atoms with Crippen molar-refractivity contribution in [3.05, 3.63) is 11.8 Å². The van der Waals surface area contributed by atoms with Gasteiger partial charge in [0.25, 0.3) is 0 Å². The molecule has 0 fully saturated rings. The van der Waals surface area contributed by atoms with Crippen LogP contribution in [0.4, 0.5) is 0 Å². The summed E-state index contributed by atoms with van der Waals surface area (Å²) in [6.45, 7) is 2.76. The van der Waals surface area contributed by atoms with Crippen LogP contribution < -0.4 is 0 Å². The molecule has 8 heteroatoms. The van der Waals surface area contributed by atoms with Gasteiger partial charge in [-0.3, -0.25) is 0 Å². The van der Waals surface area contributed by atoms with Gasteiger partial charge in [0.2, 0.25) is 5.76 Å². The quantitative estimate of drug-likeness (QED) is 0.277. The van der Waals surface area contributed by atoms with E-state index in [1.54, 1.807) is 13.8 Å². The summed E-state index contributed by atoms with van der Waals surface area (Å²) in [4.78, 5) is 15.5. The largest absolute Gasteiger partial charge is 0.502 e. The van der Waals surface area contributed by atoms with Gasteiger partial charge in [0.05, 0.1) is 25.4 Å². The van der Waals surface area contributed by atoms with Gasteiger partial charge in [-0.05, 0) is 6.92 Å². The fourth-order valence-corrected chi connectivity index (χ4v) is 1.90. The maximum absolute atomic E-state index is 11.3. The molecule has 2 unspecified atom stereocenters. The standard InChI is InChI=1S/C13H21NO7/c1-3-20-13(19)10(17)5-12-8(14-7(2)21-12)4-9(16)11(18)6-15/h5,8-9,11-12,15-18H,3-4,6H2,1-2H3/b10-5-/t8?,9-,11+,12?/m0/s1. The lowest BCUT2D eigenvalue weighted by Crippen LogP contribution is -2.35. The van der Waals surface area contributed by atoms with Crippen molar-refractivity contribution in [2.45, 2.75) is 44.6 Å². The predicted molar refractivity (Wildman–Crippen MR) is 72.8 cm³/mol. The molecule has 120 valence electrons. The molecule has 1 aliphatic rings. The van der Waals surface area contributed by atoms with Gasteiger partial charge in [-0.15, -0.1) is 0 Å². The van der Waals surface area contributed by atoms with Gasteiger partial charge >= 0.3 is 5.97 Å². The molecule has 0 radical (unpaired) electrons. The van der Waals surface area contributed by atoms with E-state index in [-0.39, 0.29) is 13.0 Å². The summed E-state index contributed by atoms with van der Waals surface area (Å²) < 4.78 is 9.98. The lowest BCUT2D eigenvalue weighted by molar-refractivity contribution is -0.141. The monoisotopic (exact) mass is 303 g/mol. The molecule has 4 atom stereocenters. The minimum Gasteiger partial charge on any atom is -0.502 e. The third kappa shape index (κ3) is 5.00. The van der Waals surface area contributed by atoms with Crippen LogP contribution >= 0.6 is 0 Å². The fourth-order valence-electron chi connectivity index (χ4n) is 1.90. The van der Waals surface area contributed by atoms with Crippen LogP contribution in [0, 0.1) is 0 Å². The molecular weight excluding hydrogens is 282 g/mol. The number of aliphatic imine (C=N–C) groups is 1. The van der Waals surface area contributed by atoms with Crippen LogP contribution in [0.2, 0.25) is 0 Å². The summed E-state index contributed by atoms with van der Waals surface area (Å²) in [6.07, 6.45) is -2.07. The molecule has 1 heterocycles. The number of aliphatic hydroxyl groups excluding tert-OH is 4. The molecular formula is C13H21NO7. The fraction of sp³-hybridized carbons (Fsp3) is 0.692. The first kappa shape index (κ1) is 17.4. The third-order valence-electron chi connectivity index (χ3n) is 2.95. The van der Waals surface area contributed by atoms with E-state index in [0.29, 0.717) is 5.90 Å². The predicted octanol–water partition coefficient (Wildman–Crippen LogP) is -0.719. The molecule has 1 aliphatic heterocycles. The van der Waals surface area contributed by atoms with Crippen LogP contribution in [-0.2, 0) is 14.3 Å². The third-order valence-corrected chi connectivity index (χ3v) is 2.95. The highest BCUT2D eigenvalue weighted by Gasteiger charge is 2.32. The molecule has 1 rings (SSSR count). The number of hydrogen-bond donors (Lipinski definition) is 4. The Bertz CT molecular complexity index is 421. The van der Waals surface area contributed by atoms with Gasteiger partial charge in [-0.2, -0.15) is 0 Å². The van der Waals surface area contributed by atoms with E-state index < -0.39 is 42.7 Å². The summed E-state index contributed by atoms with van der Waals surface area (Å²) >= 11 is 0. The van der Waals surface area contributed by atoms with Crippen LogP contribution in [0.3, 0.4) is 0 Å². The summed E-state index contributed by atoms with van der Waals surface area (Å²) in [5.74, 6) is -1.14. The van der Waals surface area contributed by atoms with Crippen LogP contribution in [0.5, 0.6) is 0 Å². The molecule has 21 heavy (non-hydrogen) atoms. The van der Waals surface area contributed by atoms with E-state index in [1.165, 1.54) is 0 Å². The zero-order chi connectivity index (χ0) is 16.0. The van der Waals surface area contributed by atoms with Gasteiger partial charge in [0.1, 0.15) is 12.2 Å². The Hall–Kier alpha value is -1.64. The Morgan fingerprint density at radius 2 is 2.14 bits per heavy atom. The molecule has 0 saturated carbocycles. The van der Waals surface area contributed by atoms with Crippen LogP contribution in [0.15, 0.2) is 16.8 Å². The summed E-state index contributed by atoms with van der Waals surface area (Å²) in [5, 5.41) is 37.4. The highest BCUT2D eigenvalue weighted by Crippen LogP contribution is 2.21. The number of ether oxygens (including phenoxy) is 2. The molecule has 0 amide bonds. The number of hydrogen-bond acceptors (Lipinski definition) is 8. The van der Waals surface area contributed by atoms with Crippen molar-refractivity contribution >= 4 is 11.9 Å². The molecule has 0 aliphatic carbocycles. The van der Waals surface area contributed by atoms with Gasteiger partial charge < -0.3 is 29.9 Å². The summed E-state index contributed by atoms with van der Waals surface area (Å²) in [7, 11) is 0. The van der Waals surface area contributed by atoms with E-state index in [4.69, 9.17) is 9.84 Å². The maximum Gasteiger partial charge on any atom is 0.373 e. The molecule has 8 nitrogen and oxygen atoms in total. The first-order chi connectivity index (χ1) is 9.88. The first-order valence-electron chi connectivity index (χ1n) is 6.65. The minimum absolute atomic E-state index is 0.0103. The second kappa shape index (κ2) is 7.96. The molecule has 0 aromatic rings. The minimum atomic E-state index is -1.29. The number of esters is 1. The second-order valence-electron chi connectivity index (χ2n) is 4.62. The van der Waals surface area contributed by atoms with Gasteiger partial charge in [-0.25, -0.2) is 9.79 Å². The van der Waals surface area contributed by atoms with Gasteiger partial charge in [0, 0.05) is 19.4 Å². The van der Waals surface area contributed by atoms with Crippen molar-refractivity contribution < 1.29 is 34.7 Å². The highest BCUT2D eigenvalue weighted by molar-refractivity contribution is 5.86. The molecule has 0 aromatic heterocycles. The Balaban J connectivity index is 2.73. The normalized spacial score (nSPS) is 25.0. The number of carbonyl (C=O) groups excluding carboxylic acids is 1. The van der Waals surface area contributed by atoms with Crippen LogP contribution in [0.1, 0.15) is 20.3 Å². The Kier molecular flexibility index (Phi) is 6.60. The van der Waals surface area contributed by atoms with E-state index in [0.717, 1.165) is 6.08 Å². The van der Waals surface area contributed by atoms with E-state index in [2.05, 4.69) is 9.73 Å². The summed E-state index contributed by atoms with van der Waals surface area (Å²) in [5.41, 5.74) is 0. The van der Waals surface area contributed by atoms with Crippen molar-refractivity contribution in [2.24, 2.45) is 4.99 Å². The Labute approximate surface area is 122 Å². The maximum atomic E-state index is 11.3. The lowest BCUT2D eigenvalue weighted by Gasteiger charge is -2.20. The van der Waals surface area contributed by atoms with Crippen molar-refractivity contribution in [3.63, 3.8) is 0 Å². The van der Waals surface area contributed by atoms with Crippen molar-refractivity contribution in [3.8, 4) is 0 Å². The van der Waals surface area contributed by atoms with Crippen molar-refractivity contribution in [1.29, 1.82) is 0 Å². The van der Waals surface area contributed by atoms with Crippen LogP contribution in [0.25, 0.3) is 0 Å². The van der Waals surface area contributed by atoms with Crippen LogP contribution in [-0.4, -0.2) is 69.9 Å². The molecule has 0 saturated heterocycles. The molecule has 4 N–H and O–H groups in total. The van der Waals surface area contributed by atoms with Gasteiger partial charge in [-0.1, -0.05) is 0 Å². The Morgan fingerprint density at radius 1 is 1.48 bits per heavy atom. The molecule has 0 bridgehead atoms. The topological polar surface area (TPSA) is 129 Å². The van der Waals surface area contributed by atoms with E-state index in [9.17, 15) is 20.1 Å². The second-order valence-corrected chi connectivity index (χ2v) is 4.62. The number of nitrogens with zero attached hydrogens (tertiary/aromatic N) is 1. The van der Waals surface area contributed by atoms with Crippen molar-refractivity contribution in [2.75, 3.05) is 13.2 Å². The molecule has 0 aromatic carbocycles. The molecule has 0 spiro atoms. The first-order valence-corrected chi connectivity index (χ1v) is 6.65. The lowest BCUT2D eigenvalue weighted by atomic mass is 10.0. The summed E-state index contributed by atoms with van der Waals surface area (Å²) in [6, 6.07) is -0.585. The average Bonchev–Trinajstić information content (AvgIpc) is 2.77. The zero-order valence-electron chi connectivity index (χ0n) is 12.0. The zero-order valence-corrected chi connectivity index (χ0v) is 12.0. The van der Waals surface area contributed by atoms with Crippen molar-refractivity contribution in [1.82, 2.24) is 0 Å². The smallest absolute Gasteiger partial charge is 0.373 e. The number of rotatable bonds is 7. The SMILES string of the molecule is CCOC(=O)/C(O)=C/C1OC(C)=NC1C[C@H](O)[C@H](O)CO. The Morgan fingerprint density at radius 3 is 2.71 bits per heavy atom. The van der Waals surface area contributed by atoms with Gasteiger partial charge in [0.15, 0.2) is 5.90 Å². The average molecular weight is 303 g/mol. The van der Waals surface area contributed by atoms with E-state index >= 15 is 0 Å².